The molecular weight excluding hydrogens is 250 g/mol. The zero-order valence-electron chi connectivity index (χ0n) is 10.0. The Hall–Kier alpha value is -1.59. The van der Waals surface area contributed by atoms with Crippen LogP contribution in [0.4, 0.5) is 0 Å². The molecule has 18 heavy (non-hydrogen) atoms. The Morgan fingerprint density at radius 3 is 2.50 bits per heavy atom. The van der Waals surface area contributed by atoms with Crippen molar-refractivity contribution < 1.29 is 13.5 Å². The van der Waals surface area contributed by atoms with Gasteiger partial charge in [0, 0.05) is 12.4 Å². The van der Waals surface area contributed by atoms with Crippen LogP contribution in [0.3, 0.4) is 0 Å². The van der Waals surface area contributed by atoms with E-state index in [1.54, 1.807) is 36.4 Å². The van der Waals surface area contributed by atoms with Crippen LogP contribution in [0, 0.1) is 0 Å². The maximum Gasteiger partial charge on any atom is 0.267 e. The van der Waals surface area contributed by atoms with Crippen molar-refractivity contribution in [1.29, 1.82) is 0 Å². The van der Waals surface area contributed by atoms with Gasteiger partial charge < -0.3 is 5.11 Å². The van der Waals surface area contributed by atoms with E-state index in [0.717, 1.165) is 3.97 Å². The van der Waals surface area contributed by atoms with Crippen LogP contribution in [-0.4, -0.2) is 17.5 Å². The van der Waals surface area contributed by atoms with E-state index in [9.17, 15) is 13.5 Å². The molecule has 0 saturated heterocycles. The fourth-order valence-corrected chi connectivity index (χ4v) is 2.92. The second-order valence-corrected chi connectivity index (χ2v) is 5.86. The molecule has 0 fully saturated rings. The standard InChI is InChI=1S/C13H15NO3S/c1-2-13(15)11-8-9-14(10-11)18(16,17)12-6-4-3-5-7-12/h3-10,13,15H,2H2,1H3. The molecule has 0 radical (unpaired) electrons. The van der Waals surface area contributed by atoms with Crippen LogP contribution in [0.15, 0.2) is 53.7 Å². The van der Waals surface area contributed by atoms with Gasteiger partial charge >= 0.3 is 0 Å². The Bertz CT molecular complexity index is 617. The number of benzene rings is 1. The first-order valence-corrected chi connectivity index (χ1v) is 7.16. The molecule has 0 spiro atoms. The van der Waals surface area contributed by atoms with Gasteiger partial charge in [-0.2, -0.15) is 0 Å². The molecule has 1 aromatic heterocycles. The highest BCUT2D eigenvalue weighted by Crippen LogP contribution is 2.20. The summed E-state index contributed by atoms with van der Waals surface area (Å²) >= 11 is 0. The van der Waals surface area contributed by atoms with Gasteiger partial charge in [0.15, 0.2) is 0 Å². The third-order valence-electron chi connectivity index (χ3n) is 2.78. The van der Waals surface area contributed by atoms with E-state index in [2.05, 4.69) is 0 Å². The van der Waals surface area contributed by atoms with E-state index in [1.807, 2.05) is 6.92 Å². The summed E-state index contributed by atoms with van der Waals surface area (Å²) in [5.41, 5.74) is 0.608. The van der Waals surface area contributed by atoms with Gasteiger partial charge in [-0.15, -0.1) is 0 Å². The van der Waals surface area contributed by atoms with Crippen molar-refractivity contribution in [3.63, 3.8) is 0 Å². The van der Waals surface area contributed by atoms with Crippen LogP contribution in [0.2, 0.25) is 0 Å². The first-order chi connectivity index (χ1) is 8.55. The van der Waals surface area contributed by atoms with Crippen molar-refractivity contribution in [2.45, 2.75) is 24.3 Å². The van der Waals surface area contributed by atoms with Crippen molar-refractivity contribution >= 4 is 10.0 Å². The predicted octanol–water partition coefficient (Wildman–Crippen LogP) is 2.17. The lowest BCUT2D eigenvalue weighted by Crippen LogP contribution is -2.10. The van der Waals surface area contributed by atoms with Gasteiger partial charge in [0.25, 0.3) is 10.0 Å². The molecule has 4 nitrogen and oxygen atoms in total. The van der Waals surface area contributed by atoms with Gasteiger partial charge in [0.05, 0.1) is 11.0 Å². The molecule has 2 rings (SSSR count). The molecule has 1 atom stereocenters. The molecule has 0 aliphatic rings. The van der Waals surface area contributed by atoms with E-state index < -0.39 is 16.1 Å². The molecule has 1 aromatic carbocycles. The van der Waals surface area contributed by atoms with Gasteiger partial charge in [-0.05, 0) is 30.2 Å². The summed E-state index contributed by atoms with van der Waals surface area (Å²) in [6.07, 6.45) is 2.83. The topological polar surface area (TPSA) is 59.3 Å². The highest BCUT2D eigenvalue weighted by molar-refractivity contribution is 7.90. The molecule has 2 aromatic rings. The first-order valence-electron chi connectivity index (χ1n) is 5.72. The monoisotopic (exact) mass is 265 g/mol. The summed E-state index contributed by atoms with van der Waals surface area (Å²) in [7, 11) is -3.55. The van der Waals surface area contributed by atoms with Crippen LogP contribution in [0.25, 0.3) is 0 Å². The largest absolute Gasteiger partial charge is 0.388 e. The Morgan fingerprint density at radius 1 is 1.22 bits per heavy atom. The van der Waals surface area contributed by atoms with E-state index in [1.165, 1.54) is 12.4 Å². The summed E-state index contributed by atoms with van der Waals surface area (Å²) in [6.45, 7) is 1.84. The van der Waals surface area contributed by atoms with Crippen LogP contribution in [0.5, 0.6) is 0 Å². The summed E-state index contributed by atoms with van der Waals surface area (Å²) in [4.78, 5) is 0.234. The molecule has 0 aliphatic heterocycles. The van der Waals surface area contributed by atoms with Crippen molar-refractivity contribution in [2.75, 3.05) is 0 Å². The van der Waals surface area contributed by atoms with Crippen molar-refractivity contribution in [1.82, 2.24) is 3.97 Å². The molecule has 0 aliphatic carbocycles. The second kappa shape index (κ2) is 4.96. The van der Waals surface area contributed by atoms with E-state index in [4.69, 9.17) is 0 Å². The number of aliphatic hydroxyl groups excluding tert-OH is 1. The number of hydrogen-bond donors (Lipinski definition) is 1. The number of aliphatic hydroxyl groups is 1. The van der Waals surface area contributed by atoms with Crippen LogP contribution in [0.1, 0.15) is 25.0 Å². The number of rotatable bonds is 4. The zero-order chi connectivity index (χ0) is 13.2. The van der Waals surface area contributed by atoms with Gasteiger partial charge in [-0.25, -0.2) is 12.4 Å². The molecule has 1 N–H and O–H groups in total. The summed E-state index contributed by atoms with van der Waals surface area (Å²) in [5.74, 6) is 0. The number of hydrogen-bond acceptors (Lipinski definition) is 3. The summed E-state index contributed by atoms with van der Waals surface area (Å²) in [6, 6.07) is 9.84. The van der Waals surface area contributed by atoms with Gasteiger partial charge in [0.1, 0.15) is 0 Å². The molecule has 0 bridgehead atoms. The fraction of sp³-hybridized carbons (Fsp3) is 0.231. The number of aromatic nitrogens is 1. The van der Waals surface area contributed by atoms with Gasteiger partial charge in [-0.3, -0.25) is 0 Å². The number of nitrogens with zero attached hydrogens (tertiary/aromatic N) is 1. The van der Waals surface area contributed by atoms with Crippen molar-refractivity contribution in [3.05, 3.63) is 54.4 Å². The minimum Gasteiger partial charge on any atom is -0.388 e. The minimum absolute atomic E-state index is 0.234. The maximum absolute atomic E-state index is 12.2. The van der Waals surface area contributed by atoms with Crippen molar-refractivity contribution in [2.24, 2.45) is 0 Å². The zero-order valence-corrected chi connectivity index (χ0v) is 10.8. The Labute approximate surface area is 107 Å². The van der Waals surface area contributed by atoms with Crippen LogP contribution >= 0.6 is 0 Å². The normalized spacial score (nSPS) is 13.4. The Morgan fingerprint density at radius 2 is 1.89 bits per heavy atom. The smallest absolute Gasteiger partial charge is 0.267 e. The third-order valence-corrected chi connectivity index (χ3v) is 4.43. The van der Waals surface area contributed by atoms with Crippen LogP contribution in [-0.2, 0) is 10.0 Å². The highest BCUT2D eigenvalue weighted by atomic mass is 32.2. The van der Waals surface area contributed by atoms with Crippen LogP contribution < -0.4 is 0 Å². The molecule has 0 amide bonds. The Balaban J connectivity index is 2.40. The van der Waals surface area contributed by atoms with Crippen molar-refractivity contribution in [3.8, 4) is 0 Å². The lowest BCUT2D eigenvalue weighted by Gasteiger charge is -2.06. The lowest BCUT2D eigenvalue weighted by molar-refractivity contribution is 0.174. The highest BCUT2D eigenvalue weighted by Gasteiger charge is 2.17. The van der Waals surface area contributed by atoms with Gasteiger partial charge in [-0.1, -0.05) is 25.1 Å². The average molecular weight is 265 g/mol. The summed E-state index contributed by atoms with van der Waals surface area (Å²) in [5, 5.41) is 9.67. The predicted molar refractivity (Wildman–Crippen MR) is 68.7 cm³/mol. The SMILES string of the molecule is CCC(O)c1ccn(S(=O)(=O)c2ccccc2)c1. The fourth-order valence-electron chi connectivity index (χ4n) is 1.69. The molecule has 0 saturated carbocycles. The molecular formula is C13H15NO3S. The molecule has 5 heteroatoms. The minimum atomic E-state index is -3.55. The molecule has 96 valence electrons. The van der Waals surface area contributed by atoms with Gasteiger partial charge in [0.2, 0.25) is 0 Å². The molecule has 1 unspecified atom stereocenters. The average Bonchev–Trinajstić information content (AvgIpc) is 2.89. The summed E-state index contributed by atoms with van der Waals surface area (Å²) < 4.78 is 25.6. The first kappa shape index (κ1) is 12.9. The lowest BCUT2D eigenvalue weighted by atomic mass is 10.1. The van der Waals surface area contributed by atoms with E-state index in [0.29, 0.717) is 12.0 Å². The third kappa shape index (κ3) is 2.32. The Kier molecular flexibility index (Phi) is 3.54. The molecule has 1 heterocycles. The van der Waals surface area contributed by atoms with E-state index >= 15 is 0 Å². The van der Waals surface area contributed by atoms with E-state index in [-0.39, 0.29) is 4.90 Å². The maximum atomic E-state index is 12.2. The second-order valence-electron chi connectivity index (χ2n) is 4.02. The quantitative estimate of drug-likeness (QED) is 0.921.